The van der Waals surface area contributed by atoms with E-state index in [1.54, 1.807) is 0 Å². The summed E-state index contributed by atoms with van der Waals surface area (Å²) in [5, 5.41) is 13.5. The highest BCUT2D eigenvalue weighted by atomic mass is 16.2. The van der Waals surface area contributed by atoms with Gasteiger partial charge in [-0.25, -0.2) is 0 Å². The molecule has 0 saturated heterocycles. The number of nitrogens with zero attached hydrogens (tertiary/aromatic N) is 1. The fourth-order valence-corrected chi connectivity index (χ4v) is 2.76. The highest BCUT2D eigenvalue weighted by Crippen LogP contribution is 2.34. The van der Waals surface area contributed by atoms with Gasteiger partial charge >= 0.3 is 0 Å². The fourth-order valence-electron chi connectivity index (χ4n) is 2.76. The first-order valence-electron chi connectivity index (χ1n) is 6.87. The maximum Gasteiger partial charge on any atom is 0.272 e. The van der Waals surface area contributed by atoms with E-state index in [0.717, 1.165) is 37.2 Å². The van der Waals surface area contributed by atoms with Crippen molar-refractivity contribution in [2.24, 2.45) is 5.92 Å². The molecule has 1 saturated carbocycles. The third-order valence-electron chi connectivity index (χ3n) is 3.92. The molecule has 98 valence electrons. The Kier molecular flexibility index (Phi) is 3.07. The van der Waals surface area contributed by atoms with Gasteiger partial charge in [-0.05, 0) is 18.8 Å². The number of rotatable bonds is 4. The maximum atomic E-state index is 12.2. The van der Waals surface area contributed by atoms with Crippen LogP contribution in [0.3, 0.4) is 0 Å². The van der Waals surface area contributed by atoms with Crippen molar-refractivity contribution in [3.63, 3.8) is 0 Å². The van der Waals surface area contributed by atoms with E-state index in [2.05, 4.69) is 27.8 Å². The van der Waals surface area contributed by atoms with Crippen molar-refractivity contribution in [1.29, 1.82) is 0 Å². The second-order valence-electron chi connectivity index (χ2n) is 5.32. The molecule has 5 nitrogen and oxygen atoms in total. The highest BCUT2D eigenvalue weighted by molar-refractivity contribution is 5.94. The highest BCUT2D eigenvalue weighted by Gasteiger charge is 2.38. The molecular formula is C13H20N4O. The molecule has 1 fully saturated rings. The fraction of sp³-hybridized carbons (Fsp3) is 0.692. The standard InChI is InChI=1S/C13H20N4O/c1-2-3-8-6-11(8)15-13(18)12-9-7-14-5-4-10(9)16-17-12/h8,11,14H,2-7H2,1H3,(H,15,18)(H,16,17). The number of H-pyrrole nitrogens is 1. The molecule has 5 heteroatoms. The molecule has 2 aliphatic rings. The van der Waals surface area contributed by atoms with Crippen LogP contribution in [0.1, 0.15) is 47.9 Å². The molecule has 1 aromatic rings. The minimum atomic E-state index is -0.0141. The van der Waals surface area contributed by atoms with E-state index < -0.39 is 0 Å². The van der Waals surface area contributed by atoms with Gasteiger partial charge in [-0.3, -0.25) is 9.89 Å². The molecule has 18 heavy (non-hydrogen) atoms. The number of hydrogen-bond donors (Lipinski definition) is 3. The Morgan fingerprint density at radius 3 is 3.28 bits per heavy atom. The largest absolute Gasteiger partial charge is 0.348 e. The molecule has 2 unspecified atom stereocenters. The van der Waals surface area contributed by atoms with Gasteiger partial charge in [0.1, 0.15) is 0 Å². The lowest BCUT2D eigenvalue weighted by molar-refractivity contribution is 0.0942. The van der Waals surface area contributed by atoms with Crippen molar-refractivity contribution < 1.29 is 4.79 Å². The van der Waals surface area contributed by atoms with Crippen molar-refractivity contribution in [2.75, 3.05) is 6.54 Å². The third kappa shape index (κ3) is 2.14. The number of aromatic amines is 1. The van der Waals surface area contributed by atoms with Crippen molar-refractivity contribution in [3.05, 3.63) is 17.0 Å². The number of aromatic nitrogens is 2. The van der Waals surface area contributed by atoms with Crippen molar-refractivity contribution in [2.45, 2.75) is 45.2 Å². The molecule has 0 aromatic carbocycles. The Labute approximate surface area is 107 Å². The first-order valence-corrected chi connectivity index (χ1v) is 6.87. The lowest BCUT2D eigenvalue weighted by Crippen LogP contribution is -2.30. The van der Waals surface area contributed by atoms with Crippen LogP contribution in [0.4, 0.5) is 0 Å². The molecule has 1 aliphatic heterocycles. The Balaban J connectivity index is 1.64. The van der Waals surface area contributed by atoms with E-state index in [4.69, 9.17) is 0 Å². The molecule has 1 aromatic heterocycles. The summed E-state index contributed by atoms with van der Waals surface area (Å²) < 4.78 is 0. The van der Waals surface area contributed by atoms with E-state index in [-0.39, 0.29) is 5.91 Å². The summed E-state index contributed by atoms with van der Waals surface area (Å²) in [5.74, 6) is 0.673. The molecule has 1 aliphatic carbocycles. The zero-order valence-corrected chi connectivity index (χ0v) is 10.8. The average Bonchev–Trinajstić information content (AvgIpc) is 2.95. The molecule has 1 amide bonds. The predicted molar refractivity (Wildman–Crippen MR) is 68.3 cm³/mol. The number of hydrogen-bond acceptors (Lipinski definition) is 3. The van der Waals surface area contributed by atoms with Gasteiger partial charge in [0.2, 0.25) is 0 Å². The van der Waals surface area contributed by atoms with E-state index >= 15 is 0 Å². The van der Waals surface area contributed by atoms with E-state index in [0.29, 0.717) is 17.7 Å². The number of nitrogens with one attached hydrogen (secondary N) is 3. The molecule has 0 spiro atoms. The summed E-state index contributed by atoms with van der Waals surface area (Å²) in [6.45, 7) is 3.89. The molecule has 0 radical (unpaired) electrons. The zero-order valence-electron chi connectivity index (χ0n) is 10.8. The number of carbonyl (C=O) groups is 1. The van der Waals surface area contributed by atoms with Crippen LogP contribution in [-0.2, 0) is 13.0 Å². The number of amides is 1. The second-order valence-corrected chi connectivity index (χ2v) is 5.32. The summed E-state index contributed by atoms with van der Waals surface area (Å²) in [6, 6.07) is 0.376. The monoisotopic (exact) mass is 248 g/mol. The minimum absolute atomic E-state index is 0.0141. The lowest BCUT2D eigenvalue weighted by atomic mass is 10.1. The van der Waals surface area contributed by atoms with Gasteiger partial charge in [0.05, 0.1) is 0 Å². The van der Waals surface area contributed by atoms with Crippen LogP contribution in [0.15, 0.2) is 0 Å². The Bertz CT molecular complexity index is 454. The quantitative estimate of drug-likeness (QED) is 0.743. The van der Waals surface area contributed by atoms with Crippen molar-refractivity contribution in [3.8, 4) is 0 Å². The summed E-state index contributed by atoms with van der Waals surface area (Å²) >= 11 is 0. The van der Waals surface area contributed by atoms with Crippen LogP contribution >= 0.6 is 0 Å². The molecule has 3 N–H and O–H groups in total. The van der Waals surface area contributed by atoms with Gasteiger partial charge in [0, 0.05) is 36.8 Å². The van der Waals surface area contributed by atoms with Crippen LogP contribution in [0.5, 0.6) is 0 Å². The van der Waals surface area contributed by atoms with Crippen molar-refractivity contribution >= 4 is 5.91 Å². The number of carbonyl (C=O) groups excluding carboxylic acids is 1. The molecule has 2 atom stereocenters. The maximum absolute atomic E-state index is 12.2. The number of fused-ring (bicyclic) bond motifs is 1. The minimum Gasteiger partial charge on any atom is -0.348 e. The molecule has 0 bridgehead atoms. The lowest BCUT2D eigenvalue weighted by Gasteiger charge is -2.12. The topological polar surface area (TPSA) is 69.8 Å². The van der Waals surface area contributed by atoms with Gasteiger partial charge < -0.3 is 10.6 Å². The summed E-state index contributed by atoms with van der Waals surface area (Å²) in [5.41, 5.74) is 2.74. The zero-order chi connectivity index (χ0) is 12.5. The smallest absolute Gasteiger partial charge is 0.272 e. The van der Waals surface area contributed by atoms with Crippen LogP contribution in [0, 0.1) is 5.92 Å². The molecule has 2 heterocycles. The Morgan fingerprint density at radius 1 is 1.56 bits per heavy atom. The van der Waals surface area contributed by atoms with Gasteiger partial charge in [0.25, 0.3) is 5.91 Å². The van der Waals surface area contributed by atoms with Crippen LogP contribution in [0.25, 0.3) is 0 Å². The van der Waals surface area contributed by atoms with Gasteiger partial charge in [-0.1, -0.05) is 13.3 Å². The Hall–Kier alpha value is -1.36. The van der Waals surface area contributed by atoms with Gasteiger partial charge in [-0.2, -0.15) is 5.10 Å². The van der Waals surface area contributed by atoms with Gasteiger partial charge in [0.15, 0.2) is 5.69 Å². The first-order chi connectivity index (χ1) is 8.79. The molecule has 3 rings (SSSR count). The second kappa shape index (κ2) is 4.72. The summed E-state index contributed by atoms with van der Waals surface area (Å²) in [6.07, 6.45) is 4.46. The average molecular weight is 248 g/mol. The Morgan fingerprint density at radius 2 is 2.44 bits per heavy atom. The SMILES string of the molecule is CCCC1CC1NC(=O)c1n[nH]c2c1CNCC2. The van der Waals surface area contributed by atoms with Crippen LogP contribution in [-0.4, -0.2) is 28.7 Å². The third-order valence-corrected chi connectivity index (χ3v) is 3.92. The van der Waals surface area contributed by atoms with Crippen LogP contribution < -0.4 is 10.6 Å². The summed E-state index contributed by atoms with van der Waals surface area (Å²) in [4.78, 5) is 12.2. The predicted octanol–water partition coefficient (Wildman–Crippen LogP) is 0.974. The van der Waals surface area contributed by atoms with E-state index in [1.165, 1.54) is 12.8 Å². The normalized spacial score (nSPS) is 25.6. The molecular weight excluding hydrogens is 228 g/mol. The van der Waals surface area contributed by atoms with Crippen molar-refractivity contribution in [1.82, 2.24) is 20.8 Å². The van der Waals surface area contributed by atoms with E-state index in [1.807, 2.05) is 0 Å². The summed E-state index contributed by atoms with van der Waals surface area (Å²) in [7, 11) is 0. The van der Waals surface area contributed by atoms with Gasteiger partial charge in [-0.15, -0.1) is 0 Å². The van der Waals surface area contributed by atoms with E-state index in [9.17, 15) is 4.79 Å². The van der Waals surface area contributed by atoms with Crippen LogP contribution in [0.2, 0.25) is 0 Å². The first kappa shape index (κ1) is 11.7.